The van der Waals surface area contributed by atoms with Gasteiger partial charge in [-0.15, -0.1) is 11.8 Å². The SMILES string of the molecule is O=C([O-])CSC1CC(=O)N1.[K+]. The number of aliphatic carboxylic acids is 1. The number of β-lactam (4-membered cyclic amide) rings is 1. The molecule has 1 aliphatic heterocycles. The van der Waals surface area contributed by atoms with Crippen LogP contribution < -0.4 is 61.8 Å². The summed E-state index contributed by atoms with van der Waals surface area (Å²) in [5.74, 6) is -1.16. The Morgan fingerprint density at radius 1 is 1.82 bits per heavy atom. The predicted molar refractivity (Wildman–Crippen MR) is 34.0 cm³/mol. The fourth-order valence-corrected chi connectivity index (χ4v) is 1.42. The second-order valence-corrected chi connectivity index (χ2v) is 3.13. The Balaban J connectivity index is 0.000001000. The van der Waals surface area contributed by atoms with Crippen molar-refractivity contribution in [2.45, 2.75) is 11.8 Å². The van der Waals surface area contributed by atoms with Gasteiger partial charge in [-0.2, -0.15) is 0 Å². The number of nitrogens with one attached hydrogen (secondary N) is 1. The van der Waals surface area contributed by atoms with Crippen LogP contribution in [0.5, 0.6) is 0 Å². The molecular weight excluding hydrogens is 193 g/mol. The molecule has 0 aromatic heterocycles. The second-order valence-electron chi connectivity index (χ2n) is 1.94. The normalized spacial score (nSPS) is 21.1. The van der Waals surface area contributed by atoms with Crippen LogP contribution in [0.4, 0.5) is 0 Å². The summed E-state index contributed by atoms with van der Waals surface area (Å²) in [6, 6.07) is 0. The molecule has 1 N–H and O–H groups in total. The summed E-state index contributed by atoms with van der Waals surface area (Å²) in [7, 11) is 0. The molecule has 0 saturated carbocycles. The molecule has 1 unspecified atom stereocenters. The molecular formula is C5H6KNO3S. The fraction of sp³-hybridized carbons (Fsp3) is 0.600. The smallest absolute Gasteiger partial charge is 0.549 e. The molecule has 1 aliphatic rings. The molecule has 1 atom stereocenters. The maximum absolute atomic E-state index is 10.3. The Hall–Kier alpha value is 0.926. The number of carboxylic acid groups (broad SMARTS) is 1. The standard InChI is InChI=1S/C5H7NO3S.K/c7-3-1-4(6-3)10-2-5(8)9;/h4H,1-2H2,(H,6,7)(H,8,9);/q;+1/p-1. The third-order valence-corrected chi connectivity index (χ3v) is 2.18. The van der Waals surface area contributed by atoms with Gasteiger partial charge in [-0.3, -0.25) is 4.79 Å². The topological polar surface area (TPSA) is 69.2 Å². The molecule has 0 aromatic carbocycles. The van der Waals surface area contributed by atoms with Crippen molar-refractivity contribution in [2.24, 2.45) is 0 Å². The number of amides is 1. The van der Waals surface area contributed by atoms with Crippen molar-refractivity contribution < 1.29 is 66.1 Å². The third kappa shape index (κ3) is 4.49. The van der Waals surface area contributed by atoms with Crippen LogP contribution in [0.2, 0.25) is 0 Å². The van der Waals surface area contributed by atoms with Crippen LogP contribution in [0.1, 0.15) is 6.42 Å². The predicted octanol–water partition coefficient (Wildman–Crippen LogP) is -4.68. The third-order valence-electron chi connectivity index (χ3n) is 1.10. The van der Waals surface area contributed by atoms with E-state index >= 15 is 0 Å². The fourth-order valence-electron chi connectivity index (χ4n) is 0.596. The molecule has 0 aliphatic carbocycles. The number of thioether (sulfide) groups is 1. The largest absolute Gasteiger partial charge is 1.00 e. The van der Waals surface area contributed by atoms with E-state index in [2.05, 4.69) is 5.32 Å². The van der Waals surface area contributed by atoms with Gasteiger partial charge in [0.2, 0.25) is 5.91 Å². The van der Waals surface area contributed by atoms with E-state index in [9.17, 15) is 14.7 Å². The van der Waals surface area contributed by atoms with Crippen LogP contribution in [-0.4, -0.2) is 23.0 Å². The maximum atomic E-state index is 10.3. The van der Waals surface area contributed by atoms with Crippen molar-refractivity contribution in [1.82, 2.24) is 5.32 Å². The Kier molecular flexibility index (Phi) is 6.02. The van der Waals surface area contributed by atoms with Crippen molar-refractivity contribution >= 4 is 23.6 Å². The minimum absolute atomic E-state index is 0. The average molecular weight is 199 g/mol. The van der Waals surface area contributed by atoms with Crippen LogP contribution in [0, 0.1) is 0 Å². The molecule has 1 heterocycles. The van der Waals surface area contributed by atoms with Crippen LogP contribution >= 0.6 is 11.8 Å². The molecule has 4 nitrogen and oxygen atoms in total. The van der Waals surface area contributed by atoms with Crippen LogP contribution in [0.25, 0.3) is 0 Å². The van der Waals surface area contributed by atoms with E-state index in [0.717, 1.165) is 0 Å². The minimum Gasteiger partial charge on any atom is -0.549 e. The molecule has 56 valence electrons. The molecule has 1 fully saturated rings. The van der Waals surface area contributed by atoms with E-state index in [1.165, 1.54) is 11.8 Å². The molecule has 6 heteroatoms. The van der Waals surface area contributed by atoms with Crippen molar-refractivity contribution in [2.75, 3.05) is 5.75 Å². The quantitative estimate of drug-likeness (QED) is 0.366. The van der Waals surface area contributed by atoms with Crippen molar-refractivity contribution in [3.05, 3.63) is 0 Å². The van der Waals surface area contributed by atoms with E-state index in [-0.39, 0.29) is 68.4 Å². The van der Waals surface area contributed by atoms with Gasteiger partial charge in [0, 0.05) is 5.75 Å². The summed E-state index contributed by atoms with van der Waals surface area (Å²) in [6.45, 7) is 0. The van der Waals surface area contributed by atoms with E-state index in [0.29, 0.717) is 6.42 Å². The Bertz CT molecular complexity index is 167. The molecule has 1 saturated heterocycles. The van der Waals surface area contributed by atoms with Crippen molar-refractivity contribution in [1.29, 1.82) is 0 Å². The Labute approximate surface area is 111 Å². The summed E-state index contributed by atoms with van der Waals surface area (Å²) in [4.78, 5) is 20.1. The summed E-state index contributed by atoms with van der Waals surface area (Å²) in [5, 5.41) is 12.4. The first kappa shape index (κ1) is 11.9. The molecule has 0 aromatic rings. The van der Waals surface area contributed by atoms with Gasteiger partial charge < -0.3 is 15.2 Å². The summed E-state index contributed by atoms with van der Waals surface area (Å²) < 4.78 is 0. The van der Waals surface area contributed by atoms with Gasteiger partial charge in [0.25, 0.3) is 0 Å². The summed E-state index contributed by atoms with van der Waals surface area (Å²) in [5.41, 5.74) is 0. The number of carbonyl (C=O) groups is 2. The summed E-state index contributed by atoms with van der Waals surface area (Å²) >= 11 is 1.18. The molecule has 1 amide bonds. The molecule has 11 heavy (non-hydrogen) atoms. The maximum Gasteiger partial charge on any atom is 1.00 e. The number of hydrogen-bond acceptors (Lipinski definition) is 4. The molecule has 1 rings (SSSR count). The first-order valence-corrected chi connectivity index (χ1v) is 3.84. The number of rotatable bonds is 3. The average Bonchev–Trinajstić information content (AvgIpc) is 1.77. The molecule has 0 spiro atoms. The summed E-state index contributed by atoms with van der Waals surface area (Å²) in [6.07, 6.45) is 0.429. The Morgan fingerprint density at radius 3 is 2.73 bits per heavy atom. The van der Waals surface area contributed by atoms with Crippen LogP contribution in [-0.2, 0) is 9.59 Å². The van der Waals surface area contributed by atoms with Crippen molar-refractivity contribution in [3.8, 4) is 0 Å². The molecule has 0 radical (unpaired) electrons. The Morgan fingerprint density at radius 2 is 2.36 bits per heavy atom. The van der Waals surface area contributed by atoms with Gasteiger partial charge in [0.15, 0.2) is 0 Å². The van der Waals surface area contributed by atoms with Gasteiger partial charge in [0.05, 0.1) is 17.8 Å². The van der Waals surface area contributed by atoms with Gasteiger partial charge in [-0.05, 0) is 0 Å². The zero-order valence-electron chi connectivity index (χ0n) is 6.12. The number of carboxylic acids is 1. The van der Waals surface area contributed by atoms with E-state index < -0.39 is 5.97 Å². The van der Waals surface area contributed by atoms with E-state index in [1.807, 2.05) is 0 Å². The second kappa shape index (κ2) is 5.55. The van der Waals surface area contributed by atoms with Gasteiger partial charge in [0.1, 0.15) is 0 Å². The van der Waals surface area contributed by atoms with Gasteiger partial charge in [-0.25, -0.2) is 0 Å². The van der Waals surface area contributed by atoms with Gasteiger partial charge >= 0.3 is 51.4 Å². The number of hydrogen-bond donors (Lipinski definition) is 1. The van der Waals surface area contributed by atoms with Crippen LogP contribution in [0.15, 0.2) is 0 Å². The van der Waals surface area contributed by atoms with E-state index in [1.54, 1.807) is 0 Å². The monoisotopic (exact) mass is 199 g/mol. The molecule has 0 bridgehead atoms. The van der Waals surface area contributed by atoms with Crippen LogP contribution in [0.3, 0.4) is 0 Å². The van der Waals surface area contributed by atoms with E-state index in [4.69, 9.17) is 0 Å². The zero-order valence-corrected chi connectivity index (χ0v) is 10.1. The first-order chi connectivity index (χ1) is 4.68. The minimum atomic E-state index is -1.09. The van der Waals surface area contributed by atoms with Gasteiger partial charge in [-0.1, -0.05) is 0 Å². The number of carbonyl (C=O) groups excluding carboxylic acids is 2. The first-order valence-electron chi connectivity index (χ1n) is 2.79. The zero-order chi connectivity index (χ0) is 7.56. The van der Waals surface area contributed by atoms with Crippen molar-refractivity contribution in [3.63, 3.8) is 0 Å².